The van der Waals surface area contributed by atoms with Crippen LogP contribution < -0.4 is 10.5 Å². The molecule has 20 heavy (non-hydrogen) atoms. The molecule has 0 saturated carbocycles. The molecule has 1 amide bonds. The number of rotatable bonds is 7. The standard InChI is InChI=1S/C16H24N2O2/c17-11-4-6-14-7-5-12-18(14)16(19)10-13-20-15-8-2-1-3-9-15/h1-3,8-9,14H,4-7,10-13,17H2. The summed E-state index contributed by atoms with van der Waals surface area (Å²) < 4.78 is 5.59. The number of nitrogens with zero attached hydrogens (tertiary/aromatic N) is 1. The fraction of sp³-hybridized carbons (Fsp3) is 0.562. The summed E-state index contributed by atoms with van der Waals surface area (Å²) in [5.41, 5.74) is 5.55. The zero-order valence-electron chi connectivity index (χ0n) is 12.0. The lowest BCUT2D eigenvalue weighted by Gasteiger charge is -2.24. The lowest BCUT2D eigenvalue weighted by Crippen LogP contribution is -2.36. The first-order chi connectivity index (χ1) is 9.81. The normalized spacial score (nSPS) is 18.2. The van der Waals surface area contributed by atoms with Crippen molar-refractivity contribution in [1.29, 1.82) is 0 Å². The minimum absolute atomic E-state index is 0.209. The van der Waals surface area contributed by atoms with Crippen LogP contribution in [0.1, 0.15) is 32.1 Å². The number of hydrogen-bond donors (Lipinski definition) is 1. The van der Waals surface area contributed by atoms with Crippen LogP contribution in [0, 0.1) is 0 Å². The molecule has 0 spiro atoms. The van der Waals surface area contributed by atoms with E-state index >= 15 is 0 Å². The molecule has 0 aliphatic carbocycles. The van der Waals surface area contributed by atoms with Crippen molar-refractivity contribution in [2.75, 3.05) is 19.7 Å². The minimum atomic E-state index is 0.209. The van der Waals surface area contributed by atoms with Gasteiger partial charge in [-0.3, -0.25) is 4.79 Å². The van der Waals surface area contributed by atoms with E-state index in [-0.39, 0.29) is 5.91 Å². The van der Waals surface area contributed by atoms with E-state index in [2.05, 4.69) is 0 Å². The zero-order valence-corrected chi connectivity index (χ0v) is 12.0. The molecule has 1 heterocycles. The van der Waals surface area contributed by atoms with E-state index in [0.717, 1.165) is 38.0 Å². The van der Waals surface area contributed by atoms with Gasteiger partial charge >= 0.3 is 0 Å². The van der Waals surface area contributed by atoms with Gasteiger partial charge in [0.25, 0.3) is 0 Å². The van der Waals surface area contributed by atoms with E-state index in [1.54, 1.807) is 0 Å². The van der Waals surface area contributed by atoms with E-state index in [1.807, 2.05) is 35.2 Å². The summed E-state index contributed by atoms with van der Waals surface area (Å²) >= 11 is 0. The van der Waals surface area contributed by atoms with Crippen LogP contribution in [0.5, 0.6) is 5.75 Å². The molecule has 1 fully saturated rings. The van der Waals surface area contributed by atoms with Crippen molar-refractivity contribution in [3.8, 4) is 5.75 Å². The molecular weight excluding hydrogens is 252 g/mol. The molecule has 0 bridgehead atoms. The number of para-hydroxylation sites is 1. The summed E-state index contributed by atoms with van der Waals surface area (Å²) in [6.07, 6.45) is 4.70. The third-order valence-corrected chi connectivity index (χ3v) is 3.77. The molecule has 1 aliphatic rings. The molecule has 1 aromatic carbocycles. The Morgan fingerprint density at radius 2 is 2.15 bits per heavy atom. The second-order valence-electron chi connectivity index (χ2n) is 5.23. The molecule has 1 atom stereocenters. The molecule has 1 aliphatic heterocycles. The van der Waals surface area contributed by atoms with Crippen molar-refractivity contribution < 1.29 is 9.53 Å². The number of amides is 1. The lowest BCUT2D eigenvalue weighted by atomic mass is 10.1. The Bertz CT molecular complexity index is 408. The first kappa shape index (κ1) is 14.9. The molecule has 110 valence electrons. The zero-order chi connectivity index (χ0) is 14.2. The van der Waals surface area contributed by atoms with Crippen LogP contribution in [0.15, 0.2) is 30.3 Å². The highest BCUT2D eigenvalue weighted by atomic mass is 16.5. The van der Waals surface area contributed by atoms with Gasteiger partial charge in [-0.15, -0.1) is 0 Å². The van der Waals surface area contributed by atoms with Crippen LogP contribution in [0.25, 0.3) is 0 Å². The highest BCUT2D eigenvalue weighted by molar-refractivity contribution is 5.77. The molecule has 4 heteroatoms. The van der Waals surface area contributed by atoms with E-state index in [4.69, 9.17) is 10.5 Å². The number of benzene rings is 1. The first-order valence-corrected chi connectivity index (χ1v) is 7.48. The monoisotopic (exact) mass is 276 g/mol. The summed E-state index contributed by atoms with van der Waals surface area (Å²) in [5.74, 6) is 1.03. The quantitative estimate of drug-likeness (QED) is 0.830. The predicted octanol–water partition coefficient (Wildman–Crippen LogP) is 2.19. The smallest absolute Gasteiger partial charge is 0.226 e. The molecule has 0 aromatic heterocycles. The van der Waals surface area contributed by atoms with Crippen molar-refractivity contribution in [3.05, 3.63) is 30.3 Å². The summed E-state index contributed by atoms with van der Waals surface area (Å²) in [6.45, 7) is 2.04. The first-order valence-electron chi connectivity index (χ1n) is 7.48. The number of carbonyl (C=O) groups is 1. The van der Waals surface area contributed by atoms with Gasteiger partial charge in [-0.05, 0) is 44.4 Å². The maximum absolute atomic E-state index is 12.2. The topological polar surface area (TPSA) is 55.6 Å². The van der Waals surface area contributed by atoms with Crippen LogP contribution in [0.4, 0.5) is 0 Å². The summed E-state index contributed by atoms with van der Waals surface area (Å²) in [4.78, 5) is 14.2. The minimum Gasteiger partial charge on any atom is -0.493 e. The SMILES string of the molecule is NCCCC1CCCN1C(=O)CCOc1ccccc1. The average molecular weight is 276 g/mol. The van der Waals surface area contributed by atoms with Gasteiger partial charge in [-0.2, -0.15) is 0 Å². The number of ether oxygens (including phenoxy) is 1. The Balaban J connectivity index is 1.73. The molecule has 1 unspecified atom stereocenters. The molecule has 1 aromatic rings. The highest BCUT2D eigenvalue weighted by Gasteiger charge is 2.27. The van der Waals surface area contributed by atoms with Gasteiger partial charge < -0.3 is 15.4 Å². The maximum Gasteiger partial charge on any atom is 0.226 e. The van der Waals surface area contributed by atoms with Gasteiger partial charge in [0.05, 0.1) is 13.0 Å². The Morgan fingerprint density at radius 3 is 2.90 bits per heavy atom. The van der Waals surface area contributed by atoms with Gasteiger partial charge in [0.15, 0.2) is 0 Å². The van der Waals surface area contributed by atoms with Crippen LogP contribution >= 0.6 is 0 Å². The van der Waals surface area contributed by atoms with Crippen LogP contribution in [-0.2, 0) is 4.79 Å². The third-order valence-electron chi connectivity index (χ3n) is 3.77. The molecule has 1 saturated heterocycles. The maximum atomic E-state index is 12.2. The van der Waals surface area contributed by atoms with Crippen molar-refractivity contribution in [2.45, 2.75) is 38.1 Å². The van der Waals surface area contributed by atoms with Gasteiger partial charge in [0, 0.05) is 12.6 Å². The Kier molecular flexibility index (Phi) is 5.87. The fourth-order valence-electron chi connectivity index (χ4n) is 2.73. The summed E-state index contributed by atoms with van der Waals surface area (Å²) in [6, 6.07) is 10.0. The number of likely N-dealkylation sites (tertiary alicyclic amines) is 1. The lowest BCUT2D eigenvalue weighted by molar-refractivity contribution is -0.132. The Labute approximate surface area is 120 Å². The Hall–Kier alpha value is -1.55. The van der Waals surface area contributed by atoms with Gasteiger partial charge in [-0.25, -0.2) is 0 Å². The third kappa shape index (κ3) is 4.23. The van der Waals surface area contributed by atoms with Gasteiger partial charge in [0.2, 0.25) is 5.91 Å². The van der Waals surface area contributed by atoms with E-state index < -0.39 is 0 Å². The predicted molar refractivity (Wildman–Crippen MR) is 79.6 cm³/mol. The Morgan fingerprint density at radius 1 is 1.35 bits per heavy atom. The van der Waals surface area contributed by atoms with Crippen molar-refractivity contribution in [3.63, 3.8) is 0 Å². The van der Waals surface area contributed by atoms with E-state index in [9.17, 15) is 4.79 Å². The van der Waals surface area contributed by atoms with Crippen LogP contribution in [0.3, 0.4) is 0 Å². The molecule has 2 N–H and O–H groups in total. The fourth-order valence-corrected chi connectivity index (χ4v) is 2.73. The molecular formula is C16H24N2O2. The molecule has 0 radical (unpaired) electrons. The van der Waals surface area contributed by atoms with Crippen LogP contribution in [-0.4, -0.2) is 36.5 Å². The highest BCUT2D eigenvalue weighted by Crippen LogP contribution is 2.22. The van der Waals surface area contributed by atoms with Crippen molar-refractivity contribution >= 4 is 5.91 Å². The average Bonchev–Trinajstić information content (AvgIpc) is 2.94. The van der Waals surface area contributed by atoms with E-state index in [1.165, 1.54) is 0 Å². The van der Waals surface area contributed by atoms with Crippen molar-refractivity contribution in [1.82, 2.24) is 4.90 Å². The molecule has 4 nitrogen and oxygen atoms in total. The second-order valence-corrected chi connectivity index (χ2v) is 5.23. The second kappa shape index (κ2) is 7.90. The van der Waals surface area contributed by atoms with Crippen LogP contribution in [0.2, 0.25) is 0 Å². The summed E-state index contributed by atoms with van der Waals surface area (Å²) in [5, 5.41) is 0. The summed E-state index contributed by atoms with van der Waals surface area (Å²) in [7, 11) is 0. The molecule has 2 rings (SSSR count). The number of hydrogen-bond acceptors (Lipinski definition) is 3. The van der Waals surface area contributed by atoms with E-state index in [0.29, 0.717) is 25.6 Å². The van der Waals surface area contributed by atoms with Crippen molar-refractivity contribution in [2.24, 2.45) is 5.73 Å². The van der Waals surface area contributed by atoms with Gasteiger partial charge in [-0.1, -0.05) is 18.2 Å². The largest absolute Gasteiger partial charge is 0.493 e. The number of nitrogens with two attached hydrogens (primary N) is 1. The number of carbonyl (C=O) groups excluding carboxylic acids is 1. The van der Waals surface area contributed by atoms with Gasteiger partial charge in [0.1, 0.15) is 5.75 Å².